The number of benzene rings is 3. The van der Waals surface area contributed by atoms with Gasteiger partial charge in [0.2, 0.25) is 11.7 Å². The molecule has 11 nitrogen and oxygen atoms in total. The van der Waals surface area contributed by atoms with Crippen LogP contribution in [0.3, 0.4) is 0 Å². The summed E-state index contributed by atoms with van der Waals surface area (Å²) in [5.41, 5.74) is 7.84. The number of likely N-dealkylation sites (tertiary alicyclic amines) is 1. The van der Waals surface area contributed by atoms with E-state index in [2.05, 4.69) is 20.6 Å². The zero-order valence-corrected chi connectivity index (χ0v) is 23.3. The lowest BCUT2D eigenvalue weighted by Crippen LogP contribution is -2.51. The summed E-state index contributed by atoms with van der Waals surface area (Å²) in [7, 11) is 0. The van der Waals surface area contributed by atoms with Crippen LogP contribution in [0.15, 0.2) is 84.9 Å². The molecule has 11 heteroatoms. The highest BCUT2D eigenvalue weighted by atomic mass is 16.3. The summed E-state index contributed by atoms with van der Waals surface area (Å²) in [6.07, 6.45) is 1.43. The van der Waals surface area contributed by atoms with Crippen LogP contribution in [0.1, 0.15) is 34.5 Å². The van der Waals surface area contributed by atoms with Gasteiger partial charge in [-0.05, 0) is 42.5 Å². The van der Waals surface area contributed by atoms with Gasteiger partial charge in [0.05, 0.1) is 5.69 Å². The zero-order chi connectivity index (χ0) is 30.3. The second-order valence-corrected chi connectivity index (χ2v) is 10.4. The number of carbonyl (C=O) groups excluding carboxylic acids is 3. The Morgan fingerprint density at radius 3 is 2.23 bits per heavy atom. The number of piperidine rings is 1. The van der Waals surface area contributed by atoms with E-state index in [9.17, 15) is 24.6 Å². The number of hydrogen-bond acceptors (Lipinski definition) is 7. The third-order valence-electron chi connectivity index (χ3n) is 7.49. The average Bonchev–Trinajstić information content (AvgIpc) is 3.02. The first-order valence-corrected chi connectivity index (χ1v) is 13.9. The fraction of sp³-hybridized carbons (Fsp3) is 0.219. The number of aromatic nitrogens is 2. The SMILES string of the molecule is NC(=O)N1CCC(C(=O)Nc2ccccc2-c2nc(O)c(O)c(C(=O)NCc3ccccc3)n2)CC1Cc1ccccc1. The first-order valence-electron chi connectivity index (χ1n) is 13.9. The van der Waals surface area contributed by atoms with Crippen LogP contribution >= 0.6 is 0 Å². The van der Waals surface area contributed by atoms with E-state index in [4.69, 9.17) is 5.73 Å². The topological polar surface area (TPSA) is 171 Å². The van der Waals surface area contributed by atoms with Crippen molar-refractivity contribution >= 4 is 23.5 Å². The molecule has 43 heavy (non-hydrogen) atoms. The van der Waals surface area contributed by atoms with Gasteiger partial charge in [0.1, 0.15) is 0 Å². The van der Waals surface area contributed by atoms with Gasteiger partial charge in [0.15, 0.2) is 11.5 Å². The summed E-state index contributed by atoms with van der Waals surface area (Å²) in [6.45, 7) is 0.536. The number of hydrogen-bond donors (Lipinski definition) is 5. The van der Waals surface area contributed by atoms with Gasteiger partial charge in [-0.25, -0.2) is 9.78 Å². The summed E-state index contributed by atoms with van der Waals surface area (Å²) in [6, 6.07) is 24.9. The van der Waals surface area contributed by atoms with Crippen molar-refractivity contribution in [3.05, 3.63) is 102 Å². The van der Waals surface area contributed by atoms with Crippen LogP contribution in [0.5, 0.6) is 11.6 Å². The Morgan fingerprint density at radius 2 is 1.53 bits per heavy atom. The molecule has 6 N–H and O–H groups in total. The maximum atomic E-state index is 13.5. The lowest BCUT2D eigenvalue weighted by molar-refractivity contribution is -0.121. The number of nitrogens with two attached hydrogens (primary N) is 1. The smallest absolute Gasteiger partial charge is 0.315 e. The van der Waals surface area contributed by atoms with Crippen LogP contribution in [0.2, 0.25) is 0 Å². The molecule has 220 valence electrons. The minimum Gasteiger partial charge on any atom is -0.501 e. The number of urea groups is 1. The quantitative estimate of drug-likeness (QED) is 0.211. The lowest BCUT2D eigenvalue weighted by atomic mass is 9.87. The fourth-order valence-corrected chi connectivity index (χ4v) is 5.26. The van der Waals surface area contributed by atoms with E-state index < -0.39 is 35.2 Å². The van der Waals surface area contributed by atoms with E-state index in [-0.39, 0.29) is 24.3 Å². The highest BCUT2D eigenvalue weighted by molar-refractivity contribution is 5.98. The number of carbonyl (C=O) groups is 3. The molecule has 0 aliphatic carbocycles. The Bertz CT molecular complexity index is 1620. The van der Waals surface area contributed by atoms with Crippen LogP contribution < -0.4 is 16.4 Å². The van der Waals surface area contributed by atoms with Crippen molar-refractivity contribution < 1.29 is 24.6 Å². The normalized spacial score (nSPS) is 16.3. The van der Waals surface area contributed by atoms with E-state index in [1.54, 1.807) is 29.2 Å². The first-order chi connectivity index (χ1) is 20.8. The third kappa shape index (κ3) is 6.89. The number of nitrogens with one attached hydrogen (secondary N) is 2. The van der Waals surface area contributed by atoms with E-state index in [1.165, 1.54) is 0 Å². The molecule has 0 bridgehead atoms. The largest absolute Gasteiger partial charge is 0.501 e. The molecule has 3 aromatic carbocycles. The Kier molecular flexibility index (Phi) is 8.80. The van der Waals surface area contributed by atoms with Crippen molar-refractivity contribution in [2.45, 2.75) is 31.8 Å². The molecule has 2 atom stereocenters. The molecule has 5 rings (SSSR count). The molecular formula is C32H32N6O5. The second kappa shape index (κ2) is 13.0. The second-order valence-electron chi connectivity index (χ2n) is 10.4. The van der Waals surface area contributed by atoms with E-state index in [1.807, 2.05) is 60.7 Å². The van der Waals surface area contributed by atoms with Crippen LogP contribution in [0.4, 0.5) is 10.5 Å². The van der Waals surface area contributed by atoms with Gasteiger partial charge in [-0.1, -0.05) is 72.8 Å². The number of nitrogens with zero attached hydrogens (tertiary/aromatic N) is 3. The van der Waals surface area contributed by atoms with Gasteiger partial charge < -0.3 is 31.5 Å². The van der Waals surface area contributed by atoms with Gasteiger partial charge in [0, 0.05) is 30.6 Å². The molecule has 2 unspecified atom stereocenters. The lowest BCUT2D eigenvalue weighted by Gasteiger charge is -2.38. The molecule has 1 fully saturated rings. The maximum absolute atomic E-state index is 13.5. The minimum atomic E-state index is -0.765. The predicted molar refractivity (Wildman–Crippen MR) is 160 cm³/mol. The molecule has 1 aliphatic heterocycles. The van der Waals surface area contributed by atoms with Crippen LogP contribution in [-0.4, -0.2) is 55.5 Å². The number of aromatic hydroxyl groups is 2. The fourth-order valence-electron chi connectivity index (χ4n) is 5.26. The van der Waals surface area contributed by atoms with Gasteiger partial charge in [-0.15, -0.1) is 0 Å². The Hall–Kier alpha value is -5.45. The third-order valence-corrected chi connectivity index (χ3v) is 7.49. The van der Waals surface area contributed by atoms with Gasteiger partial charge in [-0.2, -0.15) is 4.98 Å². The molecular weight excluding hydrogens is 548 g/mol. The number of primary amides is 1. The molecule has 1 saturated heterocycles. The van der Waals surface area contributed by atoms with Crippen molar-refractivity contribution in [2.24, 2.45) is 11.7 Å². The highest BCUT2D eigenvalue weighted by Crippen LogP contribution is 2.33. The van der Waals surface area contributed by atoms with Crippen molar-refractivity contribution in [2.75, 3.05) is 11.9 Å². The monoisotopic (exact) mass is 580 g/mol. The molecule has 0 radical (unpaired) electrons. The maximum Gasteiger partial charge on any atom is 0.315 e. The number of para-hydroxylation sites is 1. The van der Waals surface area contributed by atoms with Gasteiger partial charge in [0.25, 0.3) is 11.8 Å². The molecule has 2 heterocycles. The van der Waals surface area contributed by atoms with E-state index in [0.29, 0.717) is 37.1 Å². The van der Waals surface area contributed by atoms with Crippen molar-refractivity contribution in [3.63, 3.8) is 0 Å². The summed E-state index contributed by atoms with van der Waals surface area (Å²) in [5, 5.41) is 26.3. The average molecular weight is 581 g/mol. The molecule has 4 amide bonds. The molecule has 1 aliphatic rings. The number of amides is 4. The van der Waals surface area contributed by atoms with E-state index in [0.717, 1.165) is 11.1 Å². The van der Waals surface area contributed by atoms with Crippen LogP contribution in [0, 0.1) is 5.92 Å². The number of rotatable bonds is 8. The molecule has 0 saturated carbocycles. The van der Waals surface area contributed by atoms with Crippen molar-refractivity contribution in [3.8, 4) is 23.0 Å². The van der Waals surface area contributed by atoms with Crippen molar-refractivity contribution in [1.29, 1.82) is 0 Å². The molecule has 0 spiro atoms. The van der Waals surface area contributed by atoms with Gasteiger partial charge >= 0.3 is 6.03 Å². The Balaban J connectivity index is 1.34. The minimum absolute atomic E-state index is 0.0541. The summed E-state index contributed by atoms with van der Waals surface area (Å²) in [4.78, 5) is 48.4. The van der Waals surface area contributed by atoms with Crippen molar-refractivity contribution in [1.82, 2.24) is 20.2 Å². The number of anilines is 1. The Labute approximate surface area is 248 Å². The summed E-state index contributed by atoms with van der Waals surface area (Å²) in [5.74, 6) is -2.92. The summed E-state index contributed by atoms with van der Waals surface area (Å²) < 4.78 is 0. The first kappa shape index (κ1) is 29.1. The summed E-state index contributed by atoms with van der Waals surface area (Å²) >= 11 is 0. The molecule has 1 aromatic heterocycles. The standard InChI is InChI=1S/C32H32N6O5/c33-32(43)38-16-15-22(18-23(38)17-20-9-3-1-4-10-20)29(40)35-25-14-8-7-13-24(25)28-36-26(27(39)31(42)37-28)30(41)34-19-21-11-5-2-6-12-21/h1-14,22-23,39H,15-19H2,(H2,33,43)(H,34,41)(H,35,40)(H,36,37,42). The van der Waals surface area contributed by atoms with Crippen LogP contribution in [0.25, 0.3) is 11.4 Å². The Morgan fingerprint density at radius 1 is 0.884 bits per heavy atom. The van der Waals surface area contributed by atoms with Crippen LogP contribution in [-0.2, 0) is 17.8 Å². The van der Waals surface area contributed by atoms with E-state index >= 15 is 0 Å². The molecule has 4 aromatic rings. The predicted octanol–water partition coefficient (Wildman–Crippen LogP) is 3.83. The zero-order valence-electron chi connectivity index (χ0n) is 23.3. The van der Waals surface area contributed by atoms with Gasteiger partial charge in [-0.3, -0.25) is 9.59 Å². The highest BCUT2D eigenvalue weighted by Gasteiger charge is 2.34.